The summed E-state index contributed by atoms with van der Waals surface area (Å²) in [5, 5.41) is 8.82. The van der Waals surface area contributed by atoms with E-state index in [2.05, 4.69) is 29.8 Å². The van der Waals surface area contributed by atoms with Gasteiger partial charge in [0.2, 0.25) is 11.8 Å². The molecule has 2 amide bonds. The van der Waals surface area contributed by atoms with Gasteiger partial charge in [-0.25, -0.2) is 0 Å². The second kappa shape index (κ2) is 9.96. The Morgan fingerprint density at radius 1 is 0.931 bits per heavy atom. The van der Waals surface area contributed by atoms with E-state index >= 15 is 0 Å². The third-order valence-electron chi connectivity index (χ3n) is 3.96. The van der Waals surface area contributed by atoms with Crippen molar-refractivity contribution in [1.29, 1.82) is 0 Å². The molecule has 29 heavy (non-hydrogen) atoms. The van der Waals surface area contributed by atoms with E-state index in [1.165, 1.54) is 0 Å². The number of benzene rings is 2. The zero-order valence-electron chi connectivity index (χ0n) is 17.8. The van der Waals surface area contributed by atoms with Crippen LogP contribution in [0.1, 0.15) is 34.6 Å². The van der Waals surface area contributed by atoms with Gasteiger partial charge in [-0.3, -0.25) is 9.59 Å². The number of carbonyl (C=O) groups excluding carboxylic acids is 2. The van der Waals surface area contributed by atoms with Crippen molar-refractivity contribution < 1.29 is 14.3 Å². The van der Waals surface area contributed by atoms with Crippen LogP contribution < -0.4 is 20.7 Å². The van der Waals surface area contributed by atoms with E-state index in [0.29, 0.717) is 23.9 Å². The minimum Gasteiger partial charge on any atom is -0.493 e. The average Bonchev–Trinajstić information content (AvgIpc) is 2.64. The largest absolute Gasteiger partial charge is 0.493 e. The van der Waals surface area contributed by atoms with Crippen molar-refractivity contribution in [3.8, 4) is 5.75 Å². The van der Waals surface area contributed by atoms with Gasteiger partial charge in [-0.1, -0.05) is 46.8 Å². The van der Waals surface area contributed by atoms with Crippen LogP contribution in [-0.2, 0) is 9.59 Å². The minimum absolute atomic E-state index is 0.0630. The molecule has 0 aliphatic carbocycles. The van der Waals surface area contributed by atoms with Gasteiger partial charge in [0.15, 0.2) is 0 Å². The molecule has 2 rings (SSSR count). The van der Waals surface area contributed by atoms with Crippen LogP contribution in [0, 0.1) is 11.3 Å². The summed E-state index contributed by atoms with van der Waals surface area (Å²) in [7, 11) is 0. The SMILES string of the molecule is CC(C)COc1cccc(NC(=O)CNc2cccc(NC(=O)C(C)(C)C)c2)c1. The highest BCUT2D eigenvalue weighted by Gasteiger charge is 2.21. The molecule has 2 aromatic carbocycles. The van der Waals surface area contributed by atoms with E-state index in [1.807, 2.05) is 63.2 Å². The predicted octanol–water partition coefficient (Wildman–Crippen LogP) is 4.76. The quantitative estimate of drug-likeness (QED) is 0.600. The summed E-state index contributed by atoms with van der Waals surface area (Å²) in [6.45, 7) is 10.5. The Hall–Kier alpha value is -3.02. The van der Waals surface area contributed by atoms with Gasteiger partial charge in [0.25, 0.3) is 0 Å². The van der Waals surface area contributed by atoms with Crippen molar-refractivity contribution in [3.63, 3.8) is 0 Å². The third-order valence-corrected chi connectivity index (χ3v) is 3.96. The molecule has 0 heterocycles. The molecule has 2 aromatic rings. The van der Waals surface area contributed by atoms with Crippen molar-refractivity contribution in [2.75, 3.05) is 29.1 Å². The Labute approximate surface area is 173 Å². The lowest BCUT2D eigenvalue weighted by atomic mass is 9.95. The Bertz CT molecular complexity index is 841. The van der Waals surface area contributed by atoms with E-state index in [0.717, 1.165) is 11.4 Å². The molecular weight excluding hydrogens is 366 g/mol. The Balaban J connectivity index is 1.89. The smallest absolute Gasteiger partial charge is 0.243 e. The lowest BCUT2D eigenvalue weighted by Gasteiger charge is -2.18. The van der Waals surface area contributed by atoms with Crippen LogP contribution in [0.5, 0.6) is 5.75 Å². The monoisotopic (exact) mass is 397 g/mol. The van der Waals surface area contributed by atoms with Gasteiger partial charge in [-0.15, -0.1) is 0 Å². The number of carbonyl (C=O) groups is 2. The van der Waals surface area contributed by atoms with E-state index < -0.39 is 5.41 Å². The topological polar surface area (TPSA) is 79.5 Å². The first-order chi connectivity index (χ1) is 13.6. The number of hydrogen-bond donors (Lipinski definition) is 3. The lowest BCUT2D eigenvalue weighted by molar-refractivity contribution is -0.123. The fraction of sp³-hybridized carbons (Fsp3) is 0.391. The van der Waals surface area contributed by atoms with Crippen LogP contribution in [0.25, 0.3) is 0 Å². The molecule has 0 aliphatic rings. The summed E-state index contributed by atoms with van der Waals surface area (Å²) in [6.07, 6.45) is 0. The molecule has 0 fully saturated rings. The summed E-state index contributed by atoms with van der Waals surface area (Å²) in [4.78, 5) is 24.4. The second-order valence-electron chi connectivity index (χ2n) is 8.42. The minimum atomic E-state index is -0.475. The lowest BCUT2D eigenvalue weighted by Crippen LogP contribution is -2.27. The van der Waals surface area contributed by atoms with Crippen molar-refractivity contribution >= 4 is 28.9 Å². The van der Waals surface area contributed by atoms with Gasteiger partial charge in [0.1, 0.15) is 5.75 Å². The van der Waals surface area contributed by atoms with Gasteiger partial charge in [-0.05, 0) is 36.2 Å². The van der Waals surface area contributed by atoms with Crippen molar-refractivity contribution in [3.05, 3.63) is 48.5 Å². The van der Waals surface area contributed by atoms with Gasteiger partial charge in [-0.2, -0.15) is 0 Å². The summed E-state index contributed by atoms with van der Waals surface area (Å²) in [5.74, 6) is 0.926. The van der Waals surface area contributed by atoms with Crippen molar-refractivity contribution in [2.24, 2.45) is 11.3 Å². The number of ether oxygens (including phenoxy) is 1. The Kier molecular flexibility index (Phi) is 7.65. The molecular formula is C23H31N3O3. The van der Waals surface area contributed by atoms with Crippen LogP contribution in [0.3, 0.4) is 0 Å². The van der Waals surface area contributed by atoms with Crippen molar-refractivity contribution in [1.82, 2.24) is 0 Å². The van der Waals surface area contributed by atoms with E-state index in [9.17, 15) is 9.59 Å². The molecule has 0 aliphatic heterocycles. The highest BCUT2D eigenvalue weighted by Crippen LogP contribution is 2.20. The zero-order valence-corrected chi connectivity index (χ0v) is 17.8. The summed E-state index contributed by atoms with van der Waals surface area (Å²) >= 11 is 0. The highest BCUT2D eigenvalue weighted by molar-refractivity contribution is 5.95. The molecule has 156 valence electrons. The molecule has 0 aromatic heterocycles. The van der Waals surface area contributed by atoms with E-state index in [1.54, 1.807) is 6.07 Å². The van der Waals surface area contributed by atoms with Crippen LogP contribution in [0.15, 0.2) is 48.5 Å². The molecule has 0 unspecified atom stereocenters. The standard InChI is InChI=1S/C23H31N3O3/c1-16(2)15-29-20-11-7-10-19(13-20)25-21(27)14-24-17-8-6-9-18(12-17)26-22(28)23(3,4)5/h6-13,16,24H,14-15H2,1-5H3,(H,25,27)(H,26,28). The fourth-order valence-corrected chi connectivity index (χ4v) is 2.34. The molecule has 3 N–H and O–H groups in total. The number of rotatable bonds is 8. The van der Waals surface area contributed by atoms with E-state index in [-0.39, 0.29) is 18.4 Å². The van der Waals surface area contributed by atoms with E-state index in [4.69, 9.17) is 4.74 Å². The van der Waals surface area contributed by atoms with Crippen LogP contribution in [0.2, 0.25) is 0 Å². The molecule has 0 radical (unpaired) electrons. The van der Waals surface area contributed by atoms with Crippen molar-refractivity contribution in [2.45, 2.75) is 34.6 Å². The maximum atomic E-state index is 12.3. The zero-order chi connectivity index (χ0) is 21.4. The molecule has 0 spiro atoms. The first-order valence-corrected chi connectivity index (χ1v) is 9.81. The summed E-state index contributed by atoms with van der Waals surface area (Å²) in [6, 6.07) is 14.6. The highest BCUT2D eigenvalue weighted by atomic mass is 16.5. The Morgan fingerprint density at radius 3 is 2.21 bits per heavy atom. The number of anilines is 3. The molecule has 0 bridgehead atoms. The first-order valence-electron chi connectivity index (χ1n) is 9.81. The maximum Gasteiger partial charge on any atom is 0.243 e. The number of amides is 2. The number of nitrogens with one attached hydrogen (secondary N) is 3. The normalized spacial score (nSPS) is 11.1. The average molecular weight is 398 g/mol. The van der Waals surface area contributed by atoms with Gasteiger partial charge < -0.3 is 20.7 Å². The fourth-order valence-electron chi connectivity index (χ4n) is 2.34. The van der Waals surface area contributed by atoms with Crippen LogP contribution >= 0.6 is 0 Å². The predicted molar refractivity (Wildman–Crippen MR) is 118 cm³/mol. The molecule has 0 saturated heterocycles. The van der Waals surface area contributed by atoms with Gasteiger partial charge in [0, 0.05) is 28.5 Å². The molecule has 6 heteroatoms. The maximum absolute atomic E-state index is 12.3. The number of hydrogen-bond acceptors (Lipinski definition) is 4. The summed E-state index contributed by atoms with van der Waals surface area (Å²) in [5.41, 5.74) is 1.65. The molecule has 0 saturated carbocycles. The third kappa shape index (κ3) is 7.86. The van der Waals surface area contributed by atoms with Gasteiger partial charge >= 0.3 is 0 Å². The van der Waals surface area contributed by atoms with Crippen LogP contribution in [0.4, 0.5) is 17.1 Å². The van der Waals surface area contributed by atoms with Gasteiger partial charge in [0.05, 0.1) is 13.2 Å². The second-order valence-corrected chi connectivity index (χ2v) is 8.42. The molecule has 0 atom stereocenters. The molecule has 6 nitrogen and oxygen atoms in total. The van der Waals surface area contributed by atoms with Crippen LogP contribution in [-0.4, -0.2) is 25.0 Å². The Morgan fingerprint density at radius 2 is 1.55 bits per heavy atom. The summed E-state index contributed by atoms with van der Waals surface area (Å²) < 4.78 is 5.69. The first kappa shape index (κ1) is 22.3.